The number of anilines is 3. The van der Waals surface area contributed by atoms with Crippen LogP contribution in [0.2, 0.25) is 0 Å². The van der Waals surface area contributed by atoms with E-state index in [4.69, 9.17) is 10.5 Å². The summed E-state index contributed by atoms with van der Waals surface area (Å²) in [6.07, 6.45) is 3.11. The van der Waals surface area contributed by atoms with E-state index in [-0.39, 0.29) is 0 Å². The molecule has 4 rings (SSSR count). The van der Waals surface area contributed by atoms with E-state index in [1.54, 1.807) is 30.6 Å². The third-order valence-corrected chi connectivity index (χ3v) is 4.11. The van der Waals surface area contributed by atoms with Gasteiger partial charge in [0.1, 0.15) is 18.3 Å². The average molecular weight is 360 g/mol. The number of fused-ring (bicyclic) bond motifs is 1. The Morgan fingerprint density at radius 3 is 2.63 bits per heavy atom. The van der Waals surface area contributed by atoms with Crippen molar-refractivity contribution in [1.29, 1.82) is 0 Å². The zero-order valence-electron chi connectivity index (χ0n) is 14.5. The fourth-order valence-corrected chi connectivity index (χ4v) is 2.75. The maximum Gasteiger partial charge on any atom is 0.337 e. The number of imidazole rings is 1. The minimum Gasteiger partial charge on any atom is -0.465 e. The lowest BCUT2D eigenvalue weighted by Crippen LogP contribution is -2.07. The molecule has 0 saturated carbocycles. The predicted octanol–water partition coefficient (Wildman–Crippen LogP) is 2.93. The Morgan fingerprint density at radius 1 is 1.07 bits per heavy atom. The average Bonchev–Trinajstić information content (AvgIpc) is 3.13. The van der Waals surface area contributed by atoms with Crippen molar-refractivity contribution in [3.63, 3.8) is 0 Å². The summed E-state index contributed by atoms with van der Waals surface area (Å²) in [6, 6.07) is 14.5. The molecule has 3 N–H and O–H groups in total. The van der Waals surface area contributed by atoms with Crippen LogP contribution in [0.1, 0.15) is 10.4 Å². The number of methoxy groups -OCH3 is 1. The van der Waals surface area contributed by atoms with Crippen LogP contribution in [0.4, 0.5) is 17.2 Å². The monoisotopic (exact) mass is 360 g/mol. The predicted molar refractivity (Wildman–Crippen MR) is 102 cm³/mol. The minimum absolute atomic E-state index is 0.387. The molecule has 0 unspecified atom stereocenters. The van der Waals surface area contributed by atoms with E-state index >= 15 is 0 Å². The first-order chi connectivity index (χ1) is 13.2. The van der Waals surface area contributed by atoms with E-state index in [1.165, 1.54) is 13.4 Å². The normalized spacial score (nSPS) is 10.7. The summed E-state index contributed by atoms with van der Waals surface area (Å²) in [5, 5.41) is 3.14. The van der Waals surface area contributed by atoms with Crippen LogP contribution in [0.5, 0.6) is 0 Å². The largest absolute Gasteiger partial charge is 0.465 e. The number of nitrogen functional groups attached to an aromatic ring is 1. The second kappa shape index (κ2) is 6.75. The Kier molecular flexibility index (Phi) is 4.13. The van der Waals surface area contributed by atoms with Gasteiger partial charge in [0.05, 0.1) is 23.7 Å². The van der Waals surface area contributed by atoms with Gasteiger partial charge >= 0.3 is 5.97 Å². The van der Waals surface area contributed by atoms with E-state index in [9.17, 15) is 4.79 Å². The molecule has 4 aromatic rings. The van der Waals surface area contributed by atoms with E-state index in [1.807, 2.05) is 28.8 Å². The van der Waals surface area contributed by atoms with Crippen LogP contribution in [0.25, 0.3) is 16.9 Å². The van der Waals surface area contributed by atoms with Gasteiger partial charge in [-0.3, -0.25) is 4.57 Å². The van der Waals surface area contributed by atoms with Crippen LogP contribution >= 0.6 is 0 Å². The maximum atomic E-state index is 11.5. The zero-order valence-corrected chi connectivity index (χ0v) is 14.5. The minimum atomic E-state index is -0.391. The number of aromatic nitrogens is 4. The molecule has 8 heteroatoms. The maximum absolute atomic E-state index is 11.5. The van der Waals surface area contributed by atoms with Gasteiger partial charge in [0.25, 0.3) is 0 Å². The van der Waals surface area contributed by atoms with Crippen LogP contribution < -0.4 is 11.1 Å². The van der Waals surface area contributed by atoms with Gasteiger partial charge in [0, 0.05) is 5.69 Å². The quantitative estimate of drug-likeness (QED) is 0.539. The van der Waals surface area contributed by atoms with Gasteiger partial charge in [-0.2, -0.15) is 0 Å². The molecule has 0 saturated heterocycles. The number of rotatable bonds is 4. The van der Waals surface area contributed by atoms with E-state index < -0.39 is 5.97 Å². The highest BCUT2D eigenvalue weighted by molar-refractivity contribution is 5.90. The van der Waals surface area contributed by atoms with Gasteiger partial charge in [-0.25, -0.2) is 19.7 Å². The lowest BCUT2D eigenvalue weighted by Gasteiger charge is -2.12. The van der Waals surface area contributed by atoms with Crippen LogP contribution in [0.15, 0.2) is 61.2 Å². The lowest BCUT2D eigenvalue weighted by molar-refractivity contribution is 0.0601. The topological polar surface area (TPSA) is 108 Å². The van der Waals surface area contributed by atoms with Crippen molar-refractivity contribution in [1.82, 2.24) is 19.5 Å². The van der Waals surface area contributed by atoms with E-state index in [0.717, 1.165) is 16.7 Å². The van der Waals surface area contributed by atoms with Gasteiger partial charge in [0.2, 0.25) is 0 Å². The highest BCUT2D eigenvalue weighted by atomic mass is 16.5. The van der Waals surface area contributed by atoms with Crippen molar-refractivity contribution in [2.75, 3.05) is 18.2 Å². The standard InChI is InChI=1S/C19H16N6O2/c1-27-19(26)12-6-8-13(9-7-12)24-17-16(20)18(22-10-21-17)25-11-23-14-4-2-3-5-15(14)25/h2-11H,20H2,1H3,(H,21,22,24). The second-order valence-corrected chi connectivity index (χ2v) is 5.76. The Bertz CT molecular complexity index is 1120. The number of carbonyl (C=O) groups is 1. The summed E-state index contributed by atoms with van der Waals surface area (Å²) in [5.41, 5.74) is 9.63. The Morgan fingerprint density at radius 2 is 1.85 bits per heavy atom. The van der Waals surface area contributed by atoms with Gasteiger partial charge < -0.3 is 15.8 Å². The number of nitrogens with two attached hydrogens (primary N) is 1. The van der Waals surface area contributed by atoms with Crippen molar-refractivity contribution >= 4 is 34.2 Å². The van der Waals surface area contributed by atoms with E-state index in [0.29, 0.717) is 22.9 Å². The Labute approximate surface area is 154 Å². The molecule has 0 amide bonds. The molecule has 8 nitrogen and oxygen atoms in total. The Balaban J connectivity index is 1.67. The summed E-state index contributed by atoms with van der Waals surface area (Å²) in [4.78, 5) is 24.4. The summed E-state index contributed by atoms with van der Waals surface area (Å²) < 4.78 is 6.51. The highest BCUT2D eigenvalue weighted by Crippen LogP contribution is 2.27. The smallest absolute Gasteiger partial charge is 0.337 e. The summed E-state index contributed by atoms with van der Waals surface area (Å²) in [6.45, 7) is 0. The molecule has 2 aromatic heterocycles. The fraction of sp³-hybridized carbons (Fsp3) is 0.0526. The number of esters is 1. The van der Waals surface area contributed by atoms with Crippen LogP contribution in [-0.4, -0.2) is 32.6 Å². The zero-order chi connectivity index (χ0) is 18.8. The number of para-hydroxylation sites is 2. The summed E-state index contributed by atoms with van der Waals surface area (Å²) >= 11 is 0. The molecule has 27 heavy (non-hydrogen) atoms. The molecule has 0 radical (unpaired) electrons. The van der Waals surface area contributed by atoms with Gasteiger partial charge in [-0.1, -0.05) is 12.1 Å². The number of hydrogen-bond donors (Lipinski definition) is 2. The molecule has 0 fully saturated rings. The molecule has 0 aliphatic carbocycles. The number of nitrogens with one attached hydrogen (secondary N) is 1. The third kappa shape index (κ3) is 3.04. The Hall–Kier alpha value is -3.94. The first-order valence-electron chi connectivity index (χ1n) is 8.15. The summed E-state index contributed by atoms with van der Waals surface area (Å²) in [7, 11) is 1.34. The summed E-state index contributed by atoms with van der Waals surface area (Å²) in [5.74, 6) is 0.605. The molecule has 0 aliphatic rings. The van der Waals surface area contributed by atoms with Crippen molar-refractivity contribution in [2.45, 2.75) is 0 Å². The van der Waals surface area contributed by atoms with Gasteiger partial charge in [-0.05, 0) is 36.4 Å². The second-order valence-electron chi connectivity index (χ2n) is 5.76. The van der Waals surface area contributed by atoms with Crippen LogP contribution in [0, 0.1) is 0 Å². The molecule has 134 valence electrons. The van der Waals surface area contributed by atoms with Gasteiger partial charge in [0.15, 0.2) is 11.6 Å². The first kappa shape index (κ1) is 16.5. The number of benzene rings is 2. The van der Waals surface area contributed by atoms with Gasteiger partial charge in [-0.15, -0.1) is 0 Å². The highest BCUT2D eigenvalue weighted by Gasteiger charge is 2.13. The van der Waals surface area contributed by atoms with Crippen molar-refractivity contribution in [3.8, 4) is 5.82 Å². The molecule has 0 atom stereocenters. The number of nitrogens with zero attached hydrogens (tertiary/aromatic N) is 4. The molecule has 0 spiro atoms. The first-order valence-corrected chi connectivity index (χ1v) is 8.15. The number of ether oxygens (including phenoxy) is 1. The molecule has 2 heterocycles. The van der Waals surface area contributed by atoms with E-state index in [2.05, 4.69) is 20.3 Å². The van der Waals surface area contributed by atoms with Crippen LogP contribution in [0.3, 0.4) is 0 Å². The number of hydrogen-bond acceptors (Lipinski definition) is 7. The number of carbonyl (C=O) groups excluding carboxylic acids is 1. The third-order valence-electron chi connectivity index (χ3n) is 4.11. The fourth-order valence-electron chi connectivity index (χ4n) is 2.75. The van der Waals surface area contributed by atoms with Crippen LogP contribution in [-0.2, 0) is 4.74 Å². The van der Waals surface area contributed by atoms with Crippen molar-refractivity contribution in [3.05, 3.63) is 66.7 Å². The van der Waals surface area contributed by atoms with Crippen molar-refractivity contribution in [2.24, 2.45) is 0 Å². The SMILES string of the molecule is COC(=O)c1ccc(Nc2ncnc(-n3cnc4ccccc43)c2N)cc1. The molecule has 2 aromatic carbocycles. The molecule has 0 bridgehead atoms. The lowest BCUT2D eigenvalue weighted by atomic mass is 10.2. The molecular weight excluding hydrogens is 344 g/mol. The molecule has 0 aliphatic heterocycles. The van der Waals surface area contributed by atoms with Crippen molar-refractivity contribution < 1.29 is 9.53 Å². The molecular formula is C19H16N6O2.